The Hall–Kier alpha value is -1.21. The second-order valence-corrected chi connectivity index (χ2v) is 4.31. The summed E-state index contributed by atoms with van der Waals surface area (Å²) in [6, 6.07) is -0.309. The normalized spacial score (nSPS) is 12.5. The number of hydrogen-bond donors (Lipinski definition) is 3. The Bertz CT molecular complexity index is 427. The van der Waals surface area contributed by atoms with Gasteiger partial charge in [0.1, 0.15) is 5.82 Å². The van der Waals surface area contributed by atoms with E-state index < -0.39 is 35.0 Å². The molecule has 0 aliphatic heterocycles. The van der Waals surface area contributed by atoms with Crippen LogP contribution < -0.4 is 5.73 Å². The zero-order valence-electron chi connectivity index (χ0n) is 8.58. The molecule has 1 aromatic carbocycles. The summed E-state index contributed by atoms with van der Waals surface area (Å²) < 4.78 is 26.6. The Balaban J connectivity index is 3.07. The van der Waals surface area contributed by atoms with E-state index in [1.165, 1.54) is 0 Å². The second-order valence-electron chi connectivity index (χ2n) is 3.46. The minimum Gasteiger partial charge on any atom is -0.505 e. The first-order valence-electron chi connectivity index (χ1n) is 4.68. The molecular weight excluding hydrogens is 300 g/mol. The second kappa shape index (κ2) is 5.42. The van der Waals surface area contributed by atoms with Gasteiger partial charge in [-0.25, -0.2) is 8.78 Å². The van der Waals surface area contributed by atoms with Gasteiger partial charge in [0.25, 0.3) is 0 Å². The van der Waals surface area contributed by atoms with Gasteiger partial charge >= 0.3 is 5.97 Å². The maximum Gasteiger partial charge on any atom is 0.303 e. The zero-order valence-corrected chi connectivity index (χ0v) is 10.2. The molecule has 0 amide bonds. The number of halogens is 3. The zero-order chi connectivity index (χ0) is 13.2. The van der Waals surface area contributed by atoms with Gasteiger partial charge in [-0.1, -0.05) is 0 Å². The number of phenolic OH excluding ortho intramolecular Hbond substituents is 1. The summed E-state index contributed by atoms with van der Waals surface area (Å²) in [6.45, 7) is 0. The van der Waals surface area contributed by atoms with Gasteiger partial charge in [0.05, 0.1) is 10.0 Å². The molecule has 0 bridgehead atoms. The first-order chi connectivity index (χ1) is 7.84. The van der Waals surface area contributed by atoms with Gasteiger partial charge in [-0.2, -0.15) is 0 Å². The average molecular weight is 310 g/mol. The lowest BCUT2D eigenvalue weighted by Crippen LogP contribution is -2.15. The fraction of sp³-hybridized carbons (Fsp3) is 0.300. The van der Waals surface area contributed by atoms with Crippen molar-refractivity contribution in [1.29, 1.82) is 0 Å². The van der Waals surface area contributed by atoms with E-state index in [1.807, 2.05) is 0 Å². The minimum atomic E-state index is -1.10. The van der Waals surface area contributed by atoms with Crippen molar-refractivity contribution in [2.24, 2.45) is 5.73 Å². The Kier molecular flexibility index (Phi) is 4.41. The number of rotatable bonds is 4. The summed E-state index contributed by atoms with van der Waals surface area (Å²) in [7, 11) is 0. The molecule has 0 saturated heterocycles. The highest BCUT2D eigenvalue weighted by Crippen LogP contribution is 2.34. The number of carboxylic acid groups (broad SMARTS) is 1. The Morgan fingerprint density at radius 3 is 2.65 bits per heavy atom. The van der Waals surface area contributed by atoms with Crippen LogP contribution in [0.4, 0.5) is 8.78 Å². The molecular formula is C10H10BrF2NO3. The lowest BCUT2D eigenvalue weighted by atomic mass is 10.0. The maximum atomic E-state index is 13.6. The van der Waals surface area contributed by atoms with Crippen molar-refractivity contribution in [3.8, 4) is 5.75 Å². The fourth-order valence-corrected chi connectivity index (χ4v) is 1.78. The SMILES string of the molecule is NC(CCC(=O)O)c1c(O)c(F)cc(Br)c1F. The van der Waals surface area contributed by atoms with E-state index in [1.54, 1.807) is 0 Å². The molecule has 0 heterocycles. The number of aliphatic carboxylic acids is 1. The number of nitrogens with two attached hydrogens (primary N) is 1. The Labute approximate surface area is 104 Å². The third kappa shape index (κ3) is 3.13. The van der Waals surface area contributed by atoms with Crippen molar-refractivity contribution in [1.82, 2.24) is 0 Å². The number of aromatic hydroxyl groups is 1. The monoisotopic (exact) mass is 309 g/mol. The van der Waals surface area contributed by atoms with E-state index in [0.717, 1.165) is 6.07 Å². The third-order valence-corrected chi connectivity index (χ3v) is 2.80. The van der Waals surface area contributed by atoms with Crippen LogP contribution in [-0.4, -0.2) is 16.2 Å². The first kappa shape index (κ1) is 13.9. The van der Waals surface area contributed by atoms with Crippen LogP contribution in [0.5, 0.6) is 5.75 Å². The summed E-state index contributed by atoms with van der Waals surface area (Å²) in [5.74, 6) is -3.89. The molecule has 0 aliphatic rings. The highest BCUT2D eigenvalue weighted by Gasteiger charge is 2.22. The van der Waals surface area contributed by atoms with E-state index in [-0.39, 0.29) is 17.3 Å². The van der Waals surface area contributed by atoms with Crippen LogP contribution in [0, 0.1) is 11.6 Å². The molecule has 4 nitrogen and oxygen atoms in total. The molecule has 94 valence electrons. The molecule has 0 aliphatic carbocycles. The van der Waals surface area contributed by atoms with Crippen LogP contribution in [0.25, 0.3) is 0 Å². The van der Waals surface area contributed by atoms with Gasteiger partial charge in [0, 0.05) is 12.5 Å². The maximum absolute atomic E-state index is 13.6. The predicted molar refractivity (Wildman–Crippen MR) is 59.5 cm³/mol. The fourth-order valence-electron chi connectivity index (χ4n) is 1.37. The molecule has 7 heteroatoms. The molecule has 1 rings (SSSR count). The minimum absolute atomic E-state index is 0.101. The van der Waals surface area contributed by atoms with E-state index in [9.17, 15) is 18.7 Å². The highest BCUT2D eigenvalue weighted by molar-refractivity contribution is 9.10. The molecule has 1 atom stereocenters. The van der Waals surface area contributed by atoms with E-state index in [2.05, 4.69) is 15.9 Å². The van der Waals surface area contributed by atoms with Crippen LogP contribution in [0.15, 0.2) is 10.5 Å². The van der Waals surface area contributed by atoms with Crippen molar-refractivity contribution in [3.63, 3.8) is 0 Å². The van der Waals surface area contributed by atoms with Gasteiger partial charge in [0.15, 0.2) is 11.6 Å². The standard InChI is InChI=1S/C10H10BrF2NO3/c11-4-3-5(12)10(17)8(9(4)13)6(14)1-2-7(15)16/h3,6,17H,1-2,14H2,(H,15,16). The quantitative estimate of drug-likeness (QED) is 0.745. The van der Waals surface area contributed by atoms with Gasteiger partial charge in [0.2, 0.25) is 0 Å². The smallest absolute Gasteiger partial charge is 0.303 e. The summed E-state index contributed by atoms with van der Waals surface area (Å²) in [5.41, 5.74) is 5.11. The van der Waals surface area contributed by atoms with E-state index >= 15 is 0 Å². The summed E-state index contributed by atoms with van der Waals surface area (Å²) in [6.07, 6.45) is -0.399. The molecule has 0 fully saturated rings. The number of carboxylic acids is 1. The number of hydrogen-bond acceptors (Lipinski definition) is 3. The van der Waals surface area contributed by atoms with E-state index in [4.69, 9.17) is 10.8 Å². The number of phenols is 1. The molecule has 0 saturated carbocycles. The Morgan fingerprint density at radius 2 is 2.12 bits per heavy atom. The molecule has 0 radical (unpaired) electrons. The van der Waals surface area contributed by atoms with Gasteiger partial charge in [-0.15, -0.1) is 0 Å². The van der Waals surface area contributed by atoms with Crippen LogP contribution in [-0.2, 0) is 4.79 Å². The lowest BCUT2D eigenvalue weighted by molar-refractivity contribution is -0.137. The van der Waals surface area contributed by atoms with Crippen molar-refractivity contribution in [2.75, 3.05) is 0 Å². The van der Waals surface area contributed by atoms with Gasteiger partial charge in [-0.3, -0.25) is 4.79 Å². The molecule has 0 spiro atoms. The average Bonchev–Trinajstić information content (AvgIpc) is 2.24. The van der Waals surface area contributed by atoms with Crippen LogP contribution in [0.3, 0.4) is 0 Å². The van der Waals surface area contributed by atoms with Gasteiger partial charge in [-0.05, 0) is 28.4 Å². The first-order valence-corrected chi connectivity index (χ1v) is 5.47. The number of carbonyl (C=O) groups is 1. The summed E-state index contributed by atoms with van der Waals surface area (Å²) in [5, 5.41) is 17.8. The Morgan fingerprint density at radius 1 is 1.53 bits per heavy atom. The van der Waals surface area contributed by atoms with Crippen molar-refractivity contribution >= 4 is 21.9 Å². The lowest BCUT2D eigenvalue weighted by Gasteiger charge is -2.15. The van der Waals surface area contributed by atoms with Crippen LogP contribution in [0.2, 0.25) is 0 Å². The largest absolute Gasteiger partial charge is 0.505 e. The van der Waals surface area contributed by atoms with Crippen LogP contribution in [0.1, 0.15) is 24.4 Å². The molecule has 1 aromatic rings. The molecule has 17 heavy (non-hydrogen) atoms. The van der Waals surface area contributed by atoms with Crippen LogP contribution >= 0.6 is 15.9 Å². The highest BCUT2D eigenvalue weighted by atomic mass is 79.9. The van der Waals surface area contributed by atoms with E-state index in [0.29, 0.717) is 0 Å². The molecule has 4 N–H and O–H groups in total. The summed E-state index contributed by atoms with van der Waals surface area (Å²) in [4.78, 5) is 10.3. The molecule has 0 aromatic heterocycles. The van der Waals surface area contributed by atoms with Crippen molar-refractivity contribution in [3.05, 3.63) is 27.7 Å². The number of benzene rings is 1. The van der Waals surface area contributed by atoms with Crippen molar-refractivity contribution in [2.45, 2.75) is 18.9 Å². The van der Waals surface area contributed by atoms with Gasteiger partial charge < -0.3 is 15.9 Å². The third-order valence-electron chi connectivity index (χ3n) is 2.22. The molecule has 1 unspecified atom stereocenters. The van der Waals surface area contributed by atoms with Crippen molar-refractivity contribution < 1.29 is 23.8 Å². The topological polar surface area (TPSA) is 83.6 Å². The predicted octanol–water partition coefficient (Wildman–Crippen LogP) is 2.30. The summed E-state index contributed by atoms with van der Waals surface area (Å²) >= 11 is 2.78.